The van der Waals surface area contributed by atoms with Gasteiger partial charge in [-0.25, -0.2) is 0 Å². The zero-order chi connectivity index (χ0) is 14.5. The first-order chi connectivity index (χ1) is 9.63. The van der Waals surface area contributed by atoms with E-state index in [1.54, 1.807) is 17.4 Å². The van der Waals surface area contributed by atoms with Crippen LogP contribution in [0.1, 0.15) is 24.3 Å². The van der Waals surface area contributed by atoms with Gasteiger partial charge in [-0.1, -0.05) is 13.0 Å². The van der Waals surface area contributed by atoms with E-state index in [1.807, 2.05) is 11.4 Å². The van der Waals surface area contributed by atoms with Gasteiger partial charge in [0.25, 0.3) is 5.69 Å². The van der Waals surface area contributed by atoms with E-state index in [1.165, 1.54) is 24.1 Å². The number of hydrogen-bond donors (Lipinski definition) is 1. The van der Waals surface area contributed by atoms with Crippen LogP contribution in [-0.2, 0) is 0 Å². The Kier molecular flexibility index (Phi) is 4.57. The fourth-order valence-corrected chi connectivity index (χ4v) is 2.82. The smallest absolute Gasteiger partial charge is 0.275 e. The van der Waals surface area contributed by atoms with Gasteiger partial charge in [-0.2, -0.15) is 0 Å². The molecule has 0 saturated carbocycles. The molecule has 6 heteroatoms. The second kappa shape index (κ2) is 6.38. The van der Waals surface area contributed by atoms with E-state index >= 15 is 0 Å². The molecular formula is C14H16N2O3S. The highest BCUT2D eigenvalue weighted by Gasteiger charge is 2.14. The first kappa shape index (κ1) is 14.3. The number of rotatable bonds is 6. The number of non-ortho nitro benzene ring substituents is 1. The average molecular weight is 292 g/mol. The summed E-state index contributed by atoms with van der Waals surface area (Å²) in [6.45, 7) is 2.08. The maximum absolute atomic E-state index is 10.9. The summed E-state index contributed by atoms with van der Waals surface area (Å²) in [5, 5.41) is 16.3. The molecule has 20 heavy (non-hydrogen) atoms. The van der Waals surface area contributed by atoms with Gasteiger partial charge in [-0.05, 0) is 17.9 Å². The summed E-state index contributed by atoms with van der Waals surface area (Å²) in [4.78, 5) is 11.7. The lowest BCUT2D eigenvalue weighted by atomic mass is 10.1. The second-order valence-electron chi connectivity index (χ2n) is 4.30. The molecule has 0 aliphatic heterocycles. The third kappa shape index (κ3) is 3.27. The van der Waals surface area contributed by atoms with Crippen LogP contribution >= 0.6 is 11.3 Å². The van der Waals surface area contributed by atoms with Crippen molar-refractivity contribution in [1.82, 2.24) is 0 Å². The summed E-state index contributed by atoms with van der Waals surface area (Å²) in [5.41, 5.74) is 0.712. The molecule has 1 aromatic carbocycles. The molecule has 1 heterocycles. The van der Waals surface area contributed by atoms with Crippen molar-refractivity contribution < 1.29 is 9.66 Å². The van der Waals surface area contributed by atoms with Crippen molar-refractivity contribution in [3.63, 3.8) is 0 Å². The molecule has 2 aromatic rings. The number of benzene rings is 1. The lowest BCUT2D eigenvalue weighted by molar-refractivity contribution is -0.384. The Labute approximate surface area is 121 Å². The molecule has 1 aromatic heterocycles. The Balaban J connectivity index is 2.27. The van der Waals surface area contributed by atoms with Gasteiger partial charge in [-0.3, -0.25) is 10.1 Å². The lowest BCUT2D eigenvalue weighted by Gasteiger charge is -2.17. The van der Waals surface area contributed by atoms with Crippen LogP contribution in [-0.4, -0.2) is 12.0 Å². The molecule has 5 nitrogen and oxygen atoms in total. The van der Waals surface area contributed by atoms with Gasteiger partial charge in [0.05, 0.1) is 24.1 Å². The monoisotopic (exact) mass is 292 g/mol. The fourth-order valence-electron chi connectivity index (χ4n) is 1.96. The Morgan fingerprint density at radius 2 is 2.25 bits per heavy atom. The fraction of sp³-hybridized carbons (Fsp3) is 0.286. The van der Waals surface area contributed by atoms with Crippen molar-refractivity contribution in [2.24, 2.45) is 0 Å². The number of hydrogen-bond acceptors (Lipinski definition) is 5. The Hall–Kier alpha value is -2.08. The van der Waals surface area contributed by atoms with Gasteiger partial charge in [0.15, 0.2) is 0 Å². The summed E-state index contributed by atoms with van der Waals surface area (Å²) in [7, 11) is 1.50. The number of methoxy groups -OCH3 is 1. The molecule has 0 aliphatic rings. The van der Waals surface area contributed by atoms with Crippen molar-refractivity contribution in [2.75, 3.05) is 12.4 Å². The Bertz CT molecular complexity index is 584. The summed E-state index contributed by atoms with van der Waals surface area (Å²) in [5.74, 6) is 0.475. The van der Waals surface area contributed by atoms with Gasteiger partial charge in [-0.15, -0.1) is 11.3 Å². The number of nitro groups is 1. The van der Waals surface area contributed by atoms with E-state index in [4.69, 9.17) is 4.74 Å². The van der Waals surface area contributed by atoms with Crippen molar-refractivity contribution in [3.8, 4) is 5.75 Å². The van der Waals surface area contributed by atoms with E-state index in [2.05, 4.69) is 18.3 Å². The minimum absolute atomic E-state index is 0.0212. The quantitative estimate of drug-likeness (QED) is 0.639. The number of thiophene rings is 1. The molecular weight excluding hydrogens is 276 g/mol. The van der Waals surface area contributed by atoms with Crippen LogP contribution in [0, 0.1) is 10.1 Å². The molecule has 0 fully saturated rings. The molecule has 0 spiro atoms. The van der Waals surface area contributed by atoms with Gasteiger partial charge in [0.2, 0.25) is 0 Å². The van der Waals surface area contributed by atoms with Crippen LogP contribution in [0.3, 0.4) is 0 Å². The summed E-state index contributed by atoms with van der Waals surface area (Å²) in [6, 6.07) is 8.90. The van der Waals surface area contributed by atoms with Crippen LogP contribution in [0.25, 0.3) is 0 Å². The van der Waals surface area contributed by atoms with E-state index in [0.29, 0.717) is 11.4 Å². The van der Waals surface area contributed by atoms with Crippen molar-refractivity contribution in [2.45, 2.75) is 19.4 Å². The lowest BCUT2D eigenvalue weighted by Crippen LogP contribution is -2.08. The van der Waals surface area contributed by atoms with E-state index in [9.17, 15) is 10.1 Å². The summed E-state index contributed by atoms with van der Waals surface area (Å²) >= 11 is 1.67. The van der Waals surface area contributed by atoms with Crippen LogP contribution in [0.4, 0.5) is 11.4 Å². The number of ether oxygens (including phenoxy) is 1. The Morgan fingerprint density at radius 3 is 2.80 bits per heavy atom. The second-order valence-corrected chi connectivity index (χ2v) is 5.28. The molecule has 0 radical (unpaired) electrons. The molecule has 0 amide bonds. The third-order valence-electron chi connectivity index (χ3n) is 2.97. The predicted molar refractivity (Wildman–Crippen MR) is 80.6 cm³/mol. The highest BCUT2D eigenvalue weighted by atomic mass is 32.1. The molecule has 0 saturated heterocycles. The number of nitrogens with zero attached hydrogens (tertiary/aromatic N) is 1. The molecule has 0 aliphatic carbocycles. The normalized spacial score (nSPS) is 11.9. The van der Waals surface area contributed by atoms with Crippen molar-refractivity contribution in [3.05, 3.63) is 50.7 Å². The van der Waals surface area contributed by atoms with Crippen molar-refractivity contribution >= 4 is 22.7 Å². The SMILES string of the molecule is CCC(Nc1cc(OC)cc([N+](=O)[O-])c1)c1cccs1. The highest BCUT2D eigenvalue weighted by Crippen LogP contribution is 2.31. The molecule has 1 atom stereocenters. The highest BCUT2D eigenvalue weighted by molar-refractivity contribution is 7.10. The minimum atomic E-state index is -0.417. The van der Waals surface area contributed by atoms with Crippen LogP contribution in [0.2, 0.25) is 0 Å². The molecule has 106 valence electrons. The van der Waals surface area contributed by atoms with E-state index in [0.717, 1.165) is 6.42 Å². The first-order valence-electron chi connectivity index (χ1n) is 6.27. The summed E-state index contributed by atoms with van der Waals surface area (Å²) < 4.78 is 5.11. The number of nitrogens with one attached hydrogen (secondary N) is 1. The zero-order valence-electron chi connectivity index (χ0n) is 11.3. The van der Waals surface area contributed by atoms with Gasteiger partial charge >= 0.3 is 0 Å². The predicted octanol–water partition coefficient (Wildman–Crippen LogP) is 4.23. The molecule has 1 N–H and O–H groups in total. The van der Waals surface area contributed by atoms with Crippen LogP contribution < -0.4 is 10.1 Å². The minimum Gasteiger partial charge on any atom is -0.496 e. The zero-order valence-corrected chi connectivity index (χ0v) is 12.1. The maximum Gasteiger partial charge on any atom is 0.275 e. The third-order valence-corrected chi connectivity index (χ3v) is 3.96. The Morgan fingerprint density at radius 1 is 1.45 bits per heavy atom. The number of nitro benzene ring substituents is 1. The van der Waals surface area contributed by atoms with Crippen LogP contribution in [0.5, 0.6) is 5.75 Å². The van der Waals surface area contributed by atoms with Crippen LogP contribution in [0.15, 0.2) is 35.7 Å². The van der Waals surface area contributed by atoms with Gasteiger partial charge < -0.3 is 10.1 Å². The van der Waals surface area contributed by atoms with Gasteiger partial charge in [0, 0.05) is 22.7 Å². The summed E-state index contributed by atoms with van der Waals surface area (Å²) in [6.07, 6.45) is 0.894. The maximum atomic E-state index is 10.9. The van der Waals surface area contributed by atoms with E-state index < -0.39 is 4.92 Å². The molecule has 2 rings (SSSR count). The molecule has 0 bridgehead atoms. The van der Waals surface area contributed by atoms with Gasteiger partial charge in [0.1, 0.15) is 5.75 Å². The molecule has 1 unspecified atom stereocenters. The first-order valence-corrected chi connectivity index (χ1v) is 7.15. The standard InChI is InChI=1S/C14H16N2O3S/c1-3-13(14-5-4-6-20-14)15-10-7-11(16(17)18)9-12(8-10)19-2/h4-9,13,15H,3H2,1-2H3. The van der Waals surface area contributed by atoms with E-state index in [-0.39, 0.29) is 11.7 Å². The number of anilines is 1. The van der Waals surface area contributed by atoms with Crippen molar-refractivity contribution in [1.29, 1.82) is 0 Å². The topological polar surface area (TPSA) is 64.4 Å². The largest absolute Gasteiger partial charge is 0.496 e. The average Bonchev–Trinajstić information content (AvgIpc) is 2.98.